The number of amides is 2. The van der Waals surface area contributed by atoms with Crippen molar-refractivity contribution >= 4 is 11.7 Å². The van der Waals surface area contributed by atoms with Gasteiger partial charge >= 0.3 is 6.03 Å². The van der Waals surface area contributed by atoms with Crippen LogP contribution >= 0.6 is 0 Å². The number of hydrogen-bond donors (Lipinski definition) is 1. The fraction of sp³-hybridized carbons (Fsp3) is 0.650. The van der Waals surface area contributed by atoms with Gasteiger partial charge in [-0.25, -0.2) is 9.18 Å². The Balaban J connectivity index is 1.41. The number of ether oxygens (including phenoxy) is 1. The van der Waals surface area contributed by atoms with E-state index in [0.717, 1.165) is 19.6 Å². The number of nitrogens with one attached hydrogen (secondary N) is 1. The first kappa shape index (κ1) is 19.9. The van der Waals surface area contributed by atoms with Gasteiger partial charge in [-0.05, 0) is 18.1 Å². The van der Waals surface area contributed by atoms with Crippen molar-refractivity contribution in [1.29, 1.82) is 0 Å². The first-order valence-electron chi connectivity index (χ1n) is 9.89. The van der Waals surface area contributed by atoms with E-state index >= 15 is 0 Å². The SMILES string of the molecule is CC(C)CN1CCOC(CNC(=O)N2CCN(c3ccccc3F)CC2)C1. The first-order chi connectivity index (χ1) is 13.0. The van der Waals surface area contributed by atoms with E-state index in [2.05, 4.69) is 24.1 Å². The molecule has 0 saturated carbocycles. The third-order valence-corrected chi connectivity index (χ3v) is 5.09. The van der Waals surface area contributed by atoms with Crippen LogP contribution in [-0.2, 0) is 4.74 Å². The number of rotatable bonds is 5. The van der Waals surface area contributed by atoms with Gasteiger partial charge in [-0.2, -0.15) is 0 Å². The van der Waals surface area contributed by atoms with E-state index in [0.29, 0.717) is 50.9 Å². The molecule has 0 aliphatic carbocycles. The van der Waals surface area contributed by atoms with Crippen LogP contribution in [0.15, 0.2) is 24.3 Å². The summed E-state index contributed by atoms with van der Waals surface area (Å²) in [5.41, 5.74) is 0.610. The van der Waals surface area contributed by atoms with Gasteiger partial charge in [-0.1, -0.05) is 26.0 Å². The minimum absolute atomic E-state index is 0.0427. The maximum atomic E-state index is 13.9. The summed E-state index contributed by atoms with van der Waals surface area (Å²) in [6.07, 6.45) is 0.0427. The molecule has 0 aromatic heterocycles. The van der Waals surface area contributed by atoms with Crippen molar-refractivity contribution < 1.29 is 13.9 Å². The first-order valence-corrected chi connectivity index (χ1v) is 9.89. The Morgan fingerprint density at radius 1 is 1.22 bits per heavy atom. The molecule has 2 heterocycles. The number of hydrogen-bond acceptors (Lipinski definition) is 4. The molecule has 1 unspecified atom stereocenters. The summed E-state index contributed by atoms with van der Waals surface area (Å²) in [5, 5.41) is 3.00. The highest BCUT2D eigenvalue weighted by atomic mass is 19.1. The van der Waals surface area contributed by atoms with Gasteiger partial charge in [0.1, 0.15) is 5.82 Å². The highest BCUT2D eigenvalue weighted by molar-refractivity contribution is 5.74. The number of nitrogens with zero attached hydrogens (tertiary/aromatic N) is 3. The average Bonchev–Trinajstić information content (AvgIpc) is 2.66. The second-order valence-corrected chi connectivity index (χ2v) is 7.76. The zero-order valence-corrected chi connectivity index (χ0v) is 16.4. The van der Waals surface area contributed by atoms with Crippen LogP contribution in [0.25, 0.3) is 0 Å². The molecular formula is C20H31FN4O2. The smallest absolute Gasteiger partial charge is 0.317 e. The van der Waals surface area contributed by atoms with Gasteiger partial charge in [0.15, 0.2) is 0 Å². The van der Waals surface area contributed by atoms with Gasteiger partial charge in [0.05, 0.1) is 18.4 Å². The lowest BCUT2D eigenvalue weighted by molar-refractivity contribution is -0.0294. The number of benzene rings is 1. The predicted octanol–water partition coefficient (Wildman–Crippen LogP) is 2.01. The molecule has 0 radical (unpaired) electrons. The maximum Gasteiger partial charge on any atom is 0.317 e. The Morgan fingerprint density at radius 2 is 1.96 bits per heavy atom. The van der Waals surface area contributed by atoms with E-state index < -0.39 is 0 Å². The van der Waals surface area contributed by atoms with E-state index in [1.54, 1.807) is 17.0 Å². The highest BCUT2D eigenvalue weighted by Crippen LogP contribution is 2.20. The maximum absolute atomic E-state index is 13.9. The number of urea groups is 1. The molecular weight excluding hydrogens is 347 g/mol. The lowest BCUT2D eigenvalue weighted by Crippen LogP contribution is -2.54. The number of para-hydroxylation sites is 1. The third-order valence-electron chi connectivity index (χ3n) is 5.09. The van der Waals surface area contributed by atoms with Gasteiger partial charge in [-0.15, -0.1) is 0 Å². The molecule has 2 fully saturated rings. The largest absolute Gasteiger partial charge is 0.374 e. The van der Waals surface area contributed by atoms with Crippen LogP contribution in [0.2, 0.25) is 0 Å². The number of morpholine rings is 1. The average molecular weight is 378 g/mol. The van der Waals surface area contributed by atoms with Gasteiger partial charge < -0.3 is 19.9 Å². The molecule has 150 valence electrons. The molecule has 1 aromatic rings. The van der Waals surface area contributed by atoms with Crippen molar-refractivity contribution in [2.75, 3.05) is 63.9 Å². The number of piperazine rings is 1. The van der Waals surface area contributed by atoms with Crippen molar-refractivity contribution in [3.8, 4) is 0 Å². The van der Waals surface area contributed by atoms with Crippen LogP contribution in [0.3, 0.4) is 0 Å². The van der Waals surface area contributed by atoms with Gasteiger partial charge in [0, 0.05) is 52.4 Å². The van der Waals surface area contributed by atoms with Crippen molar-refractivity contribution in [3.05, 3.63) is 30.1 Å². The molecule has 6 nitrogen and oxygen atoms in total. The summed E-state index contributed by atoms with van der Waals surface area (Å²) >= 11 is 0. The standard InChI is InChI=1S/C20H31FN4O2/c1-16(2)14-23-11-12-27-17(15-23)13-22-20(26)25-9-7-24(8-10-25)19-6-4-3-5-18(19)21/h3-6,16-17H,7-15H2,1-2H3,(H,22,26). The molecule has 27 heavy (non-hydrogen) atoms. The molecule has 2 amide bonds. The van der Waals surface area contributed by atoms with Gasteiger partial charge in [-0.3, -0.25) is 4.90 Å². The van der Waals surface area contributed by atoms with Gasteiger partial charge in [0.2, 0.25) is 0 Å². The van der Waals surface area contributed by atoms with Crippen LogP contribution < -0.4 is 10.2 Å². The summed E-state index contributed by atoms with van der Waals surface area (Å²) in [5.74, 6) is 0.417. The molecule has 3 rings (SSSR count). The molecule has 1 atom stereocenters. The van der Waals surface area contributed by atoms with Crippen molar-refractivity contribution in [3.63, 3.8) is 0 Å². The molecule has 2 saturated heterocycles. The van der Waals surface area contributed by atoms with E-state index in [4.69, 9.17) is 4.74 Å². The summed E-state index contributed by atoms with van der Waals surface area (Å²) in [6, 6.07) is 6.73. The Labute approximate surface area is 161 Å². The van der Waals surface area contributed by atoms with Crippen LogP contribution in [0, 0.1) is 11.7 Å². The Kier molecular flexibility index (Phi) is 6.90. The monoisotopic (exact) mass is 378 g/mol. The number of halogens is 1. The van der Waals surface area contributed by atoms with E-state index in [9.17, 15) is 9.18 Å². The number of carbonyl (C=O) groups is 1. The van der Waals surface area contributed by atoms with Crippen LogP contribution in [-0.4, -0.2) is 80.9 Å². The van der Waals surface area contributed by atoms with Crippen LogP contribution in [0.4, 0.5) is 14.9 Å². The van der Waals surface area contributed by atoms with Crippen LogP contribution in [0.5, 0.6) is 0 Å². The lowest BCUT2D eigenvalue weighted by atomic mass is 10.2. The second kappa shape index (κ2) is 9.37. The molecule has 1 N–H and O–H groups in total. The normalized spacial score (nSPS) is 21.6. The summed E-state index contributed by atoms with van der Waals surface area (Å²) in [6.45, 7) is 11.0. The Bertz CT molecular complexity index is 620. The van der Waals surface area contributed by atoms with Crippen molar-refractivity contribution in [2.45, 2.75) is 20.0 Å². The number of anilines is 1. The zero-order chi connectivity index (χ0) is 19.2. The third kappa shape index (κ3) is 5.56. The summed E-state index contributed by atoms with van der Waals surface area (Å²) < 4.78 is 19.7. The molecule has 0 bridgehead atoms. The molecule has 7 heteroatoms. The highest BCUT2D eigenvalue weighted by Gasteiger charge is 2.25. The minimum Gasteiger partial charge on any atom is -0.374 e. The van der Waals surface area contributed by atoms with Gasteiger partial charge in [0.25, 0.3) is 0 Å². The zero-order valence-electron chi connectivity index (χ0n) is 16.4. The van der Waals surface area contributed by atoms with Crippen molar-refractivity contribution in [1.82, 2.24) is 15.1 Å². The predicted molar refractivity (Wildman–Crippen MR) is 105 cm³/mol. The van der Waals surface area contributed by atoms with E-state index in [1.165, 1.54) is 6.07 Å². The lowest BCUT2D eigenvalue weighted by Gasteiger charge is -2.37. The Morgan fingerprint density at radius 3 is 2.67 bits per heavy atom. The molecule has 2 aliphatic heterocycles. The van der Waals surface area contributed by atoms with Crippen molar-refractivity contribution in [2.24, 2.45) is 5.92 Å². The van der Waals surface area contributed by atoms with Crippen LogP contribution in [0.1, 0.15) is 13.8 Å². The second-order valence-electron chi connectivity index (χ2n) is 7.76. The fourth-order valence-corrected chi connectivity index (χ4v) is 3.76. The topological polar surface area (TPSA) is 48.1 Å². The minimum atomic E-state index is -0.212. The number of carbonyl (C=O) groups excluding carboxylic acids is 1. The molecule has 2 aliphatic rings. The fourth-order valence-electron chi connectivity index (χ4n) is 3.76. The Hall–Kier alpha value is -1.86. The molecule has 1 aromatic carbocycles. The molecule has 0 spiro atoms. The summed E-state index contributed by atoms with van der Waals surface area (Å²) in [4.78, 5) is 18.7. The van der Waals surface area contributed by atoms with E-state index in [-0.39, 0.29) is 18.0 Å². The summed E-state index contributed by atoms with van der Waals surface area (Å²) in [7, 11) is 0. The van der Waals surface area contributed by atoms with E-state index in [1.807, 2.05) is 11.0 Å². The quantitative estimate of drug-likeness (QED) is 0.852.